The molecule has 4 nitrogen and oxygen atoms in total. The van der Waals surface area contributed by atoms with E-state index in [4.69, 9.17) is 20.8 Å². The molecule has 4 aromatic rings. The zero-order valence-corrected chi connectivity index (χ0v) is 13.9. The summed E-state index contributed by atoms with van der Waals surface area (Å²) >= 11 is 6.28. The average Bonchev–Trinajstić information content (AvgIpc) is 3.03. The van der Waals surface area contributed by atoms with Crippen LogP contribution in [0.15, 0.2) is 59.3 Å². The Labute approximate surface area is 147 Å². The van der Waals surface area contributed by atoms with Gasteiger partial charge in [-0.3, -0.25) is 0 Å². The van der Waals surface area contributed by atoms with Gasteiger partial charge in [0.2, 0.25) is 5.71 Å². The topological polar surface area (TPSA) is 48.2 Å². The van der Waals surface area contributed by atoms with Gasteiger partial charge in [-0.1, -0.05) is 35.9 Å². The van der Waals surface area contributed by atoms with Crippen molar-refractivity contribution in [3.63, 3.8) is 0 Å². The number of benzene rings is 2. The van der Waals surface area contributed by atoms with Crippen molar-refractivity contribution in [3.05, 3.63) is 65.8 Å². The monoisotopic (exact) mass is 354 g/mol. The molecule has 6 heteroatoms. The highest BCUT2D eigenvalue weighted by Gasteiger charge is 2.23. The molecule has 2 aromatic heterocycles. The molecule has 2 heterocycles. The summed E-state index contributed by atoms with van der Waals surface area (Å²) in [5, 5.41) is 0.801. The standard InChI is InChI=1S/C19H12ClFN2O2/c1-24-12-8-6-11(7-9-12)15-16-18(20)22-10-23-19(16)25-17(15)13-4-2-3-5-14(13)21/h2-10H,1H3. The van der Waals surface area contributed by atoms with Gasteiger partial charge < -0.3 is 9.15 Å². The van der Waals surface area contributed by atoms with Gasteiger partial charge in [0.25, 0.3) is 0 Å². The quantitative estimate of drug-likeness (QED) is 0.465. The fraction of sp³-hybridized carbons (Fsp3) is 0.0526. The van der Waals surface area contributed by atoms with E-state index in [-0.39, 0.29) is 11.0 Å². The van der Waals surface area contributed by atoms with E-state index in [2.05, 4.69) is 9.97 Å². The summed E-state index contributed by atoms with van der Waals surface area (Å²) in [5.74, 6) is 0.687. The van der Waals surface area contributed by atoms with E-state index in [1.807, 2.05) is 24.3 Å². The molecule has 0 bridgehead atoms. The third-order valence-corrected chi connectivity index (χ3v) is 4.23. The molecule has 25 heavy (non-hydrogen) atoms. The first kappa shape index (κ1) is 15.6. The molecule has 0 saturated carbocycles. The van der Waals surface area contributed by atoms with Crippen LogP contribution in [0.25, 0.3) is 33.6 Å². The predicted octanol–water partition coefficient (Wildman–Crippen LogP) is 5.36. The molecular weight excluding hydrogens is 343 g/mol. The average molecular weight is 355 g/mol. The molecule has 4 rings (SSSR count). The van der Waals surface area contributed by atoms with Crippen LogP contribution in [-0.4, -0.2) is 17.1 Å². The van der Waals surface area contributed by atoms with Gasteiger partial charge in [-0.05, 0) is 29.8 Å². The number of nitrogens with zero attached hydrogens (tertiary/aromatic N) is 2. The van der Waals surface area contributed by atoms with Crippen LogP contribution in [0, 0.1) is 5.82 Å². The predicted molar refractivity (Wildman–Crippen MR) is 94.2 cm³/mol. The van der Waals surface area contributed by atoms with Crippen LogP contribution in [0.1, 0.15) is 0 Å². The van der Waals surface area contributed by atoms with Crippen molar-refractivity contribution in [2.45, 2.75) is 0 Å². The molecule has 0 N–H and O–H groups in total. The largest absolute Gasteiger partial charge is 0.497 e. The summed E-state index contributed by atoms with van der Waals surface area (Å²) in [7, 11) is 1.59. The van der Waals surface area contributed by atoms with Crippen LogP contribution in [0.4, 0.5) is 4.39 Å². The maximum atomic E-state index is 14.4. The van der Waals surface area contributed by atoms with Crippen LogP contribution in [0.2, 0.25) is 5.15 Å². The lowest BCUT2D eigenvalue weighted by Crippen LogP contribution is -1.87. The number of rotatable bonds is 3. The first-order chi connectivity index (χ1) is 12.2. The smallest absolute Gasteiger partial charge is 0.231 e. The zero-order chi connectivity index (χ0) is 17.4. The molecule has 2 aromatic carbocycles. The van der Waals surface area contributed by atoms with E-state index < -0.39 is 0 Å². The minimum atomic E-state index is -0.389. The second kappa shape index (κ2) is 6.18. The SMILES string of the molecule is COc1ccc(-c2c(-c3ccccc3F)oc3ncnc(Cl)c23)cc1. The second-order valence-corrected chi connectivity index (χ2v) is 5.72. The summed E-state index contributed by atoms with van der Waals surface area (Å²) in [4.78, 5) is 8.16. The summed E-state index contributed by atoms with van der Waals surface area (Å²) < 4.78 is 25.4. The van der Waals surface area contributed by atoms with Crippen molar-refractivity contribution in [1.29, 1.82) is 0 Å². The number of fused-ring (bicyclic) bond motifs is 1. The van der Waals surface area contributed by atoms with E-state index in [9.17, 15) is 4.39 Å². The molecule has 0 unspecified atom stereocenters. The van der Waals surface area contributed by atoms with Crippen molar-refractivity contribution in [2.75, 3.05) is 7.11 Å². The molecule has 0 spiro atoms. The number of hydrogen-bond donors (Lipinski definition) is 0. The van der Waals surface area contributed by atoms with E-state index in [1.54, 1.807) is 25.3 Å². The Balaban J connectivity index is 2.06. The highest BCUT2D eigenvalue weighted by Crippen LogP contribution is 2.43. The van der Waals surface area contributed by atoms with E-state index >= 15 is 0 Å². The Kier molecular flexibility index (Phi) is 3.86. The zero-order valence-electron chi connectivity index (χ0n) is 13.2. The van der Waals surface area contributed by atoms with Crippen LogP contribution >= 0.6 is 11.6 Å². The van der Waals surface area contributed by atoms with Crippen molar-refractivity contribution >= 4 is 22.7 Å². The minimum Gasteiger partial charge on any atom is -0.497 e. The van der Waals surface area contributed by atoms with Crippen LogP contribution in [0.5, 0.6) is 5.75 Å². The number of methoxy groups -OCH3 is 1. The van der Waals surface area contributed by atoms with Crippen LogP contribution < -0.4 is 4.74 Å². The minimum absolute atomic E-state index is 0.252. The number of hydrogen-bond acceptors (Lipinski definition) is 4. The highest BCUT2D eigenvalue weighted by atomic mass is 35.5. The fourth-order valence-electron chi connectivity index (χ4n) is 2.77. The lowest BCUT2D eigenvalue weighted by molar-refractivity contribution is 0.415. The van der Waals surface area contributed by atoms with Crippen molar-refractivity contribution in [2.24, 2.45) is 0 Å². The summed E-state index contributed by atoms with van der Waals surface area (Å²) in [6.07, 6.45) is 1.32. The molecule has 0 atom stereocenters. The van der Waals surface area contributed by atoms with Gasteiger partial charge in [0.15, 0.2) is 0 Å². The first-order valence-corrected chi connectivity index (χ1v) is 7.89. The van der Waals surface area contributed by atoms with Crippen molar-refractivity contribution in [3.8, 4) is 28.2 Å². The van der Waals surface area contributed by atoms with Crippen LogP contribution in [-0.2, 0) is 0 Å². The summed E-state index contributed by atoms with van der Waals surface area (Å²) in [6, 6.07) is 13.8. The van der Waals surface area contributed by atoms with Crippen LogP contribution in [0.3, 0.4) is 0 Å². The number of halogens is 2. The first-order valence-electron chi connectivity index (χ1n) is 7.51. The number of furan rings is 1. The molecule has 0 radical (unpaired) electrons. The third-order valence-electron chi connectivity index (χ3n) is 3.94. The van der Waals surface area contributed by atoms with Gasteiger partial charge in [0, 0.05) is 5.56 Å². The molecule has 0 aliphatic rings. The number of ether oxygens (including phenoxy) is 1. The third kappa shape index (κ3) is 2.62. The van der Waals surface area contributed by atoms with Gasteiger partial charge in [0.05, 0.1) is 18.1 Å². The maximum Gasteiger partial charge on any atom is 0.231 e. The lowest BCUT2D eigenvalue weighted by Gasteiger charge is -2.06. The maximum absolute atomic E-state index is 14.4. The Morgan fingerprint density at radius 1 is 1.04 bits per heavy atom. The normalized spacial score (nSPS) is 11.0. The highest BCUT2D eigenvalue weighted by molar-refractivity contribution is 6.35. The molecule has 0 saturated heterocycles. The fourth-order valence-corrected chi connectivity index (χ4v) is 2.99. The molecule has 124 valence electrons. The molecule has 0 aliphatic heterocycles. The van der Waals surface area contributed by atoms with Crippen molar-refractivity contribution in [1.82, 2.24) is 9.97 Å². The Hall–Kier alpha value is -2.92. The number of aromatic nitrogens is 2. The van der Waals surface area contributed by atoms with E-state index in [1.165, 1.54) is 12.4 Å². The molecule has 0 amide bonds. The van der Waals surface area contributed by atoms with Gasteiger partial charge in [0.1, 0.15) is 28.8 Å². The Morgan fingerprint density at radius 2 is 1.80 bits per heavy atom. The molecule has 0 fully saturated rings. The van der Waals surface area contributed by atoms with Gasteiger partial charge in [-0.25, -0.2) is 14.4 Å². The van der Waals surface area contributed by atoms with E-state index in [0.717, 1.165) is 5.56 Å². The van der Waals surface area contributed by atoms with Crippen molar-refractivity contribution < 1.29 is 13.5 Å². The molecular formula is C19H12ClFN2O2. The summed E-state index contributed by atoms with van der Waals surface area (Å²) in [5.41, 5.74) is 2.09. The summed E-state index contributed by atoms with van der Waals surface area (Å²) in [6.45, 7) is 0. The van der Waals surface area contributed by atoms with Gasteiger partial charge >= 0.3 is 0 Å². The Bertz CT molecular complexity index is 1060. The lowest BCUT2D eigenvalue weighted by atomic mass is 9.99. The van der Waals surface area contributed by atoms with Gasteiger partial charge in [-0.2, -0.15) is 0 Å². The molecule has 0 aliphatic carbocycles. The Morgan fingerprint density at radius 3 is 2.52 bits per heavy atom. The van der Waals surface area contributed by atoms with E-state index in [0.29, 0.717) is 33.7 Å². The van der Waals surface area contributed by atoms with Gasteiger partial charge in [-0.15, -0.1) is 0 Å². The second-order valence-electron chi connectivity index (χ2n) is 5.36.